The van der Waals surface area contributed by atoms with Crippen LogP contribution in [0.25, 0.3) is 0 Å². The first-order valence-corrected chi connectivity index (χ1v) is 8.58. The molecule has 2 saturated carbocycles. The molecule has 1 aromatic rings. The highest BCUT2D eigenvalue weighted by atomic mass is 35.5. The van der Waals surface area contributed by atoms with Crippen molar-refractivity contribution in [3.05, 3.63) is 28.8 Å². The lowest BCUT2D eigenvalue weighted by Gasteiger charge is -2.18. The van der Waals surface area contributed by atoms with Gasteiger partial charge in [0, 0.05) is 17.8 Å². The lowest BCUT2D eigenvalue weighted by Crippen LogP contribution is -2.39. The monoisotopic (exact) mass is 335 g/mol. The van der Waals surface area contributed by atoms with Gasteiger partial charge in [-0.3, -0.25) is 4.79 Å². The van der Waals surface area contributed by atoms with Gasteiger partial charge in [0.25, 0.3) is 5.91 Å². The highest BCUT2D eigenvalue weighted by Gasteiger charge is 2.26. The lowest BCUT2D eigenvalue weighted by atomic mass is 10.1. The lowest BCUT2D eigenvalue weighted by molar-refractivity contribution is 0.0951. The molecule has 6 heteroatoms. The number of amides is 3. The summed E-state index contributed by atoms with van der Waals surface area (Å²) in [5, 5.41) is 9.02. The molecule has 1 aromatic carbocycles. The zero-order valence-corrected chi connectivity index (χ0v) is 14.0. The van der Waals surface area contributed by atoms with Crippen LogP contribution in [0.3, 0.4) is 0 Å². The molecule has 0 aliphatic heterocycles. The molecule has 0 bridgehead atoms. The maximum atomic E-state index is 12.1. The van der Waals surface area contributed by atoms with Gasteiger partial charge < -0.3 is 16.0 Å². The molecule has 0 heterocycles. The SMILES string of the molecule is C[C@@H]1CCC[C@@H]1NC(=O)Nc1ccc(C(=O)NC2CC2)c(Cl)c1. The van der Waals surface area contributed by atoms with Gasteiger partial charge in [-0.05, 0) is 49.8 Å². The summed E-state index contributed by atoms with van der Waals surface area (Å²) >= 11 is 6.17. The highest BCUT2D eigenvalue weighted by molar-refractivity contribution is 6.34. The van der Waals surface area contributed by atoms with Crippen LogP contribution in [0.5, 0.6) is 0 Å². The van der Waals surface area contributed by atoms with Gasteiger partial charge in [-0.25, -0.2) is 4.79 Å². The predicted molar refractivity (Wildman–Crippen MR) is 90.9 cm³/mol. The van der Waals surface area contributed by atoms with Crippen LogP contribution in [0.1, 0.15) is 49.4 Å². The van der Waals surface area contributed by atoms with E-state index in [-0.39, 0.29) is 24.0 Å². The molecular formula is C17H22ClN3O2. The fraction of sp³-hybridized carbons (Fsp3) is 0.529. The summed E-state index contributed by atoms with van der Waals surface area (Å²) in [6.07, 6.45) is 5.39. The molecule has 0 aromatic heterocycles. The summed E-state index contributed by atoms with van der Waals surface area (Å²) in [5.74, 6) is 0.353. The normalized spacial score (nSPS) is 23.4. The average Bonchev–Trinajstić information content (AvgIpc) is 3.21. The number of hydrogen-bond acceptors (Lipinski definition) is 2. The number of hydrogen-bond donors (Lipinski definition) is 3. The van der Waals surface area contributed by atoms with Crippen LogP contribution in [-0.4, -0.2) is 24.0 Å². The van der Waals surface area contributed by atoms with Crippen LogP contribution < -0.4 is 16.0 Å². The number of rotatable bonds is 4. The summed E-state index contributed by atoms with van der Waals surface area (Å²) in [4.78, 5) is 24.1. The molecule has 2 aliphatic rings. The third-order valence-corrected chi connectivity index (χ3v) is 4.87. The first kappa shape index (κ1) is 16.1. The van der Waals surface area contributed by atoms with Gasteiger partial charge in [-0.1, -0.05) is 24.9 Å². The molecule has 0 unspecified atom stereocenters. The first-order valence-electron chi connectivity index (χ1n) is 8.21. The largest absolute Gasteiger partial charge is 0.349 e. The molecule has 23 heavy (non-hydrogen) atoms. The van der Waals surface area contributed by atoms with Gasteiger partial charge in [-0.15, -0.1) is 0 Å². The molecule has 3 N–H and O–H groups in total. The Morgan fingerprint density at radius 3 is 2.52 bits per heavy atom. The molecule has 0 radical (unpaired) electrons. The molecule has 3 amide bonds. The van der Waals surface area contributed by atoms with E-state index in [1.165, 1.54) is 0 Å². The van der Waals surface area contributed by atoms with Crippen molar-refractivity contribution in [1.29, 1.82) is 0 Å². The van der Waals surface area contributed by atoms with Crippen LogP contribution >= 0.6 is 11.6 Å². The zero-order valence-electron chi connectivity index (χ0n) is 13.2. The first-order chi connectivity index (χ1) is 11.0. The molecule has 0 spiro atoms. The van der Waals surface area contributed by atoms with E-state index in [9.17, 15) is 9.59 Å². The topological polar surface area (TPSA) is 70.2 Å². The Hall–Kier alpha value is -1.75. The molecule has 124 valence electrons. The Kier molecular flexibility index (Phi) is 4.76. The minimum atomic E-state index is -0.227. The van der Waals surface area contributed by atoms with Crippen molar-refractivity contribution >= 4 is 29.2 Å². The Labute approximate surface area is 141 Å². The Morgan fingerprint density at radius 2 is 1.91 bits per heavy atom. The van der Waals surface area contributed by atoms with Crippen LogP contribution in [0.15, 0.2) is 18.2 Å². The fourth-order valence-electron chi connectivity index (χ4n) is 2.96. The molecule has 0 saturated heterocycles. The third-order valence-electron chi connectivity index (χ3n) is 4.56. The number of anilines is 1. The second-order valence-corrected chi connectivity index (χ2v) is 6.96. The minimum Gasteiger partial charge on any atom is -0.349 e. The zero-order chi connectivity index (χ0) is 16.4. The van der Waals surface area contributed by atoms with Gasteiger partial charge in [0.15, 0.2) is 0 Å². The van der Waals surface area contributed by atoms with E-state index in [1.807, 2.05) is 0 Å². The average molecular weight is 336 g/mol. The number of benzene rings is 1. The summed E-state index contributed by atoms with van der Waals surface area (Å²) < 4.78 is 0. The molecule has 5 nitrogen and oxygen atoms in total. The second kappa shape index (κ2) is 6.79. The summed E-state index contributed by atoms with van der Waals surface area (Å²) in [6.45, 7) is 2.15. The van der Waals surface area contributed by atoms with Crippen LogP contribution in [0.2, 0.25) is 5.02 Å². The second-order valence-electron chi connectivity index (χ2n) is 6.56. The van der Waals surface area contributed by atoms with Crippen LogP contribution in [-0.2, 0) is 0 Å². The summed E-state index contributed by atoms with van der Waals surface area (Å²) in [7, 11) is 0. The molecule has 2 atom stereocenters. The van der Waals surface area contributed by atoms with Crippen molar-refractivity contribution in [3.8, 4) is 0 Å². The number of urea groups is 1. The van der Waals surface area contributed by atoms with Crippen molar-refractivity contribution < 1.29 is 9.59 Å². The number of nitrogens with one attached hydrogen (secondary N) is 3. The Morgan fingerprint density at radius 1 is 1.13 bits per heavy atom. The number of carbonyl (C=O) groups is 2. The van der Waals surface area contributed by atoms with Crippen molar-refractivity contribution in [2.75, 3.05) is 5.32 Å². The standard InChI is InChI=1S/C17H22ClN3O2/c1-10-3-2-4-15(10)21-17(23)20-12-7-8-13(14(18)9-12)16(22)19-11-5-6-11/h7-11,15H,2-6H2,1H3,(H,19,22)(H2,20,21,23)/t10-,15+/m1/s1. The van der Waals surface area contributed by atoms with E-state index in [0.29, 0.717) is 22.2 Å². The summed E-state index contributed by atoms with van der Waals surface area (Å²) in [5.41, 5.74) is 1.02. The Balaban J connectivity index is 1.58. The third kappa shape index (κ3) is 4.16. The Bertz CT molecular complexity index is 616. The van der Waals surface area contributed by atoms with Crippen LogP contribution in [0, 0.1) is 5.92 Å². The minimum absolute atomic E-state index is 0.159. The van der Waals surface area contributed by atoms with Crippen molar-refractivity contribution in [2.24, 2.45) is 5.92 Å². The van der Waals surface area contributed by atoms with Gasteiger partial charge in [0.05, 0.1) is 10.6 Å². The summed E-state index contributed by atoms with van der Waals surface area (Å²) in [6, 6.07) is 5.25. The van der Waals surface area contributed by atoms with Crippen molar-refractivity contribution in [1.82, 2.24) is 10.6 Å². The fourth-order valence-corrected chi connectivity index (χ4v) is 3.23. The quantitative estimate of drug-likeness (QED) is 0.787. The molecule has 2 fully saturated rings. The molecule has 2 aliphatic carbocycles. The van der Waals surface area contributed by atoms with Gasteiger partial charge in [0.1, 0.15) is 0 Å². The van der Waals surface area contributed by atoms with E-state index < -0.39 is 0 Å². The van der Waals surface area contributed by atoms with E-state index in [4.69, 9.17) is 11.6 Å². The van der Waals surface area contributed by atoms with E-state index in [0.717, 1.165) is 32.1 Å². The number of halogens is 1. The molecular weight excluding hydrogens is 314 g/mol. The van der Waals surface area contributed by atoms with Crippen molar-refractivity contribution in [3.63, 3.8) is 0 Å². The van der Waals surface area contributed by atoms with Gasteiger partial charge in [0.2, 0.25) is 0 Å². The van der Waals surface area contributed by atoms with E-state index >= 15 is 0 Å². The van der Waals surface area contributed by atoms with Gasteiger partial charge in [-0.2, -0.15) is 0 Å². The van der Waals surface area contributed by atoms with Gasteiger partial charge >= 0.3 is 6.03 Å². The highest BCUT2D eigenvalue weighted by Crippen LogP contribution is 2.26. The maximum Gasteiger partial charge on any atom is 0.319 e. The molecule has 3 rings (SSSR count). The van der Waals surface area contributed by atoms with Crippen molar-refractivity contribution in [2.45, 2.75) is 51.1 Å². The predicted octanol–water partition coefficient (Wildman–Crippen LogP) is 3.54. The maximum absolute atomic E-state index is 12.1. The number of carbonyl (C=O) groups excluding carboxylic acids is 2. The van der Waals surface area contributed by atoms with E-state index in [1.54, 1.807) is 18.2 Å². The smallest absolute Gasteiger partial charge is 0.319 e. The van der Waals surface area contributed by atoms with E-state index in [2.05, 4.69) is 22.9 Å². The van der Waals surface area contributed by atoms with Crippen LogP contribution in [0.4, 0.5) is 10.5 Å².